The van der Waals surface area contributed by atoms with Gasteiger partial charge in [0.15, 0.2) is 6.10 Å². The van der Waals surface area contributed by atoms with E-state index in [9.17, 15) is 22.4 Å². The van der Waals surface area contributed by atoms with Gasteiger partial charge in [0.2, 0.25) is 0 Å². The van der Waals surface area contributed by atoms with Crippen LogP contribution in [-0.4, -0.2) is 33.5 Å². The average Bonchev–Trinajstić information content (AvgIpc) is 2.80. The number of sulfonamides is 1. The molecule has 0 saturated carbocycles. The third-order valence-electron chi connectivity index (χ3n) is 4.82. The Bertz CT molecular complexity index is 1330. The summed E-state index contributed by atoms with van der Waals surface area (Å²) in [4.78, 5) is 24.7. The molecule has 0 heterocycles. The number of aryl methyl sites for hydroxylation is 1. The molecule has 178 valence electrons. The number of hydrogen-bond donors (Lipinski definition) is 2. The Hall–Kier alpha value is -3.92. The number of methoxy groups -OCH3 is 1. The van der Waals surface area contributed by atoms with Gasteiger partial charge in [-0.15, -0.1) is 0 Å². The number of anilines is 2. The summed E-state index contributed by atoms with van der Waals surface area (Å²) in [5, 5.41) is 2.62. The first-order chi connectivity index (χ1) is 16.1. The Morgan fingerprint density at radius 2 is 1.74 bits per heavy atom. The van der Waals surface area contributed by atoms with E-state index in [4.69, 9.17) is 9.47 Å². The molecule has 0 bridgehead atoms. The lowest BCUT2D eigenvalue weighted by Crippen LogP contribution is -2.30. The van der Waals surface area contributed by atoms with Crippen molar-refractivity contribution in [1.82, 2.24) is 0 Å². The minimum Gasteiger partial charge on any atom is -0.495 e. The minimum absolute atomic E-state index is 0.0206. The van der Waals surface area contributed by atoms with Crippen LogP contribution in [0, 0.1) is 12.7 Å². The number of halogens is 1. The number of ether oxygens (including phenoxy) is 2. The zero-order valence-corrected chi connectivity index (χ0v) is 19.5. The van der Waals surface area contributed by atoms with Gasteiger partial charge in [0.25, 0.3) is 15.9 Å². The third-order valence-corrected chi connectivity index (χ3v) is 6.20. The Balaban J connectivity index is 1.69. The van der Waals surface area contributed by atoms with Crippen molar-refractivity contribution in [3.63, 3.8) is 0 Å². The number of esters is 1. The first kappa shape index (κ1) is 24.7. The monoisotopic (exact) mass is 486 g/mol. The molecule has 1 amide bonds. The van der Waals surface area contributed by atoms with Crippen LogP contribution in [-0.2, 0) is 19.6 Å². The molecule has 0 fully saturated rings. The molecule has 34 heavy (non-hydrogen) atoms. The maximum Gasteiger partial charge on any atom is 0.338 e. The van der Waals surface area contributed by atoms with Crippen LogP contribution in [0.5, 0.6) is 5.75 Å². The van der Waals surface area contributed by atoms with E-state index < -0.39 is 33.8 Å². The van der Waals surface area contributed by atoms with Crippen LogP contribution in [0.1, 0.15) is 22.8 Å². The van der Waals surface area contributed by atoms with Crippen LogP contribution < -0.4 is 14.8 Å². The molecule has 0 aliphatic carbocycles. The summed E-state index contributed by atoms with van der Waals surface area (Å²) in [5.74, 6) is -1.61. The second kappa shape index (κ2) is 10.3. The van der Waals surface area contributed by atoms with Gasteiger partial charge >= 0.3 is 5.97 Å². The topological polar surface area (TPSA) is 111 Å². The highest BCUT2D eigenvalue weighted by molar-refractivity contribution is 7.92. The van der Waals surface area contributed by atoms with Crippen LogP contribution in [0.15, 0.2) is 71.6 Å². The molecule has 0 saturated heterocycles. The zero-order chi connectivity index (χ0) is 24.9. The molecule has 0 aliphatic rings. The summed E-state index contributed by atoms with van der Waals surface area (Å²) in [5.41, 5.74) is 0.822. The van der Waals surface area contributed by atoms with E-state index in [0.29, 0.717) is 17.0 Å². The van der Waals surface area contributed by atoms with Gasteiger partial charge in [-0.2, -0.15) is 0 Å². The van der Waals surface area contributed by atoms with Gasteiger partial charge in [-0.25, -0.2) is 17.6 Å². The second-order valence-corrected chi connectivity index (χ2v) is 9.02. The molecule has 0 radical (unpaired) electrons. The number of carbonyl (C=O) groups excluding carboxylic acids is 2. The van der Waals surface area contributed by atoms with E-state index in [1.165, 1.54) is 57.4 Å². The lowest BCUT2D eigenvalue weighted by Gasteiger charge is -2.15. The lowest BCUT2D eigenvalue weighted by atomic mass is 10.2. The van der Waals surface area contributed by atoms with Crippen LogP contribution in [0.3, 0.4) is 0 Å². The minimum atomic E-state index is -4.09. The zero-order valence-electron chi connectivity index (χ0n) is 18.7. The number of nitrogens with one attached hydrogen (secondary N) is 2. The molecule has 3 aromatic rings. The smallest absolute Gasteiger partial charge is 0.338 e. The fraction of sp³-hybridized carbons (Fsp3) is 0.167. The third kappa shape index (κ3) is 5.90. The fourth-order valence-electron chi connectivity index (χ4n) is 2.93. The van der Waals surface area contributed by atoms with Crippen molar-refractivity contribution in [2.24, 2.45) is 0 Å². The maximum absolute atomic E-state index is 13.8. The molecule has 0 aliphatic heterocycles. The molecular weight excluding hydrogens is 463 g/mol. The largest absolute Gasteiger partial charge is 0.495 e. The molecule has 0 aromatic heterocycles. The van der Waals surface area contributed by atoms with Crippen molar-refractivity contribution in [2.75, 3.05) is 17.1 Å². The molecule has 10 heteroatoms. The molecule has 3 aromatic carbocycles. The van der Waals surface area contributed by atoms with Crippen LogP contribution in [0.2, 0.25) is 0 Å². The van der Waals surface area contributed by atoms with E-state index in [0.717, 1.165) is 6.07 Å². The molecule has 2 N–H and O–H groups in total. The van der Waals surface area contributed by atoms with Crippen LogP contribution >= 0.6 is 0 Å². The predicted molar refractivity (Wildman–Crippen MR) is 125 cm³/mol. The number of hydrogen-bond acceptors (Lipinski definition) is 6. The normalized spacial score (nSPS) is 11.9. The van der Waals surface area contributed by atoms with Crippen molar-refractivity contribution < 1.29 is 31.9 Å². The van der Waals surface area contributed by atoms with Crippen molar-refractivity contribution in [1.29, 1.82) is 0 Å². The number of amides is 1. The molecule has 8 nitrogen and oxygen atoms in total. The first-order valence-electron chi connectivity index (χ1n) is 10.1. The van der Waals surface area contributed by atoms with E-state index in [-0.39, 0.29) is 16.1 Å². The number of carbonyl (C=O) groups is 2. The van der Waals surface area contributed by atoms with Gasteiger partial charge in [-0.05, 0) is 61.9 Å². The van der Waals surface area contributed by atoms with Gasteiger partial charge in [0, 0.05) is 5.69 Å². The van der Waals surface area contributed by atoms with Gasteiger partial charge in [0.05, 0.1) is 23.3 Å². The molecule has 3 rings (SSSR count). The number of rotatable bonds is 8. The highest BCUT2D eigenvalue weighted by Crippen LogP contribution is 2.24. The van der Waals surface area contributed by atoms with Crippen molar-refractivity contribution in [2.45, 2.75) is 24.8 Å². The van der Waals surface area contributed by atoms with E-state index in [1.807, 2.05) is 0 Å². The maximum atomic E-state index is 13.8. The standard InChI is InChI=1S/C24H23FN2O6S/c1-15-11-12-19(14-20(15)25)34(30,31)27-18-8-6-7-17(13-18)24(29)33-16(2)23(28)26-21-9-4-5-10-22(21)32-3/h4-14,16,27H,1-3H3,(H,26,28). The number of benzene rings is 3. The van der Waals surface area contributed by atoms with Crippen LogP contribution in [0.4, 0.5) is 15.8 Å². The average molecular weight is 487 g/mol. The summed E-state index contributed by atoms with van der Waals surface area (Å²) in [6.07, 6.45) is -1.15. The second-order valence-electron chi connectivity index (χ2n) is 7.33. The summed E-state index contributed by atoms with van der Waals surface area (Å²) >= 11 is 0. The van der Waals surface area contributed by atoms with Gasteiger partial charge in [-0.3, -0.25) is 9.52 Å². The SMILES string of the molecule is COc1ccccc1NC(=O)C(C)OC(=O)c1cccc(NS(=O)(=O)c2ccc(C)c(F)c2)c1. The summed E-state index contributed by atoms with van der Waals surface area (Å²) in [7, 11) is -2.63. The molecular formula is C24H23FN2O6S. The van der Waals surface area contributed by atoms with E-state index in [2.05, 4.69) is 10.0 Å². The van der Waals surface area contributed by atoms with E-state index >= 15 is 0 Å². The van der Waals surface area contributed by atoms with Crippen molar-refractivity contribution >= 4 is 33.3 Å². The van der Waals surface area contributed by atoms with Crippen LogP contribution in [0.25, 0.3) is 0 Å². The highest BCUT2D eigenvalue weighted by Gasteiger charge is 2.21. The Morgan fingerprint density at radius 1 is 1.00 bits per heavy atom. The Kier molecular flexibility index (Phi) is 7.52. The van der Waals surface area contributed by atoms with Crippen molar-refractivity contribution in [3.05, 3.63) is 83.7 Å². The summed E-state index contributed by atoms with van der Waals surface area (Å²) < 4.78 is 51.7. The molecule has 1 unspecified atom stereocenters. The van der Waals surface area contributed by atoms with Gasteiger partial charge in [-0.1, -0.05) is 24.3 Å². The summed E-state index contributed by atoms with van der Waals surface area (Å²) in [6.45, 7) is 2.92. The quantitative estimate of drug-likeness (QED) is 0.463. The number of para-hydroxylation sites is 2. The predicted octanol–water partition coefficient (Wildman–Crippen LogP) is 4.13. The highest BCUT2D eigenvalue weighted by atomic mass is 32.2. The van der Waals surface area contributed by atoms with Gasteiger partial charge < -0.3 is 14.8 Å². The Labute approximate surface area is 196 Å². The van der Waals surface area contributed by atoms with Gasteiger partial charge in [0.1, 0.15) is 11.6 Å². The lowest BCUT2D eigenvalue weighted by molar-refractivity contribution is -0.123. The molecule has 1 atom stereocenters. The first-order valence-corrected chi connectivity index (χ1v) is 11.6. The fourth-order valence-corrected chi connectivity index (χ4v) is 3.99. The molecule has 0 spiro atoms. The van der Waals surface area contributed by atoms with Crippen molar-refractivity contribution in [3.8, 4) is 5.75 Å². The van der Waals surface area contributed by atoms with E-state index in [1.54, 1.807) is 24.3 Å². The Morgan fingerprint density at radius 3 is 2.44 bits per heavy atom. The summed E-state index contributed by atoms with van der Waals surface area (Å²) in [6, 6.07) is 15.9.